The van der Waals surface area contributed by atoms with Crippen LogP contribution in [0.1, 0.15) is 23.2 Å². The van der Waals surface area contributed by atoms with Crippen molar-refractivity contribution < 1.29 is 4.79 Å². The zero-order chi connectivity index (χ0) is 24.0. The molecule has 1 N–H and O–H groups in total. The number of anilines is 2. The van der Waals surface area contributed by atoms with E-state index in [9.17, 15) is 4.79 Å². The molecule has 2 saturated heterocycles. The van der Waals surface area contributed by atoms with E-state index >= 15 is 0 Å². The molecule has 0 unspecified atom stereocenters. The van der Waals surface area contributed by atoms with Gasteiger partial charge in [-0.2, -0.15) is 5.10 Å². The number of pyridine rings is 1. The molecular weight excluding hydrogens is 440 g/mol. The lowest BCUT2D eigenvalue weighted by atomic mass is 9.72. The zero-order valence-corrected chi connectivity index (χ0v) is 20.0. The average Bonchev–Trinajstić information content (AvgIpc) is 3.29. The van der Waals surface area contributed by atoms with Gasteiger partial charge in [0.15, 0.2) is 0 Å². The normalized spacial score (nSPS) is 17.5. The third kappa shape index (κ3) is 4.23. The maximum Gasteiger partial charge on any atom is 0.258 e. The Balaban J connectivity index is 1.17. The topological polar surface area (TPSA) is 92.1 Å². The molecule has 178 valence electrons. The molecule has 0 atom stereocenters. The molecule has 5 heterocycles. The predicted molar refractivity (Wildman–Crippen MR) is 135 cm³/mol. The molecule has 2 aliphatic rings. The molecule has 0 saturated carbocycles. The van der Waals surface area contributed by atoms with Gasteiger partial charge < -0.3 is 9.80 Å². The van der Waals surface area contributed by atoms with Crippen LogP contribution in [-0.2, 0) is 7.05 Å². The van der Waals surface area contributed by atoms with Gasteiger partial charge in [0, 0.05) is 60.7 Å². The third-order valence-corrected chi connectivity index (χ3v) is 7.28. The Labute approximate surface area is 203 Å². The lowest BCUT2D eigenvalue weighted by Gasteiger charge is -2.54. The first-order chi connectivity index (χ1) is 17.0. The number of carbonyl (C=O) groups excluding carboxylic acids is 1. The van der Waals surface area contributed by atoms with Crippen LogP contribution in [0.4, 0.5) is 11.8 Å². The second-order valence-electron chi connectivity index (χ2n) is 9.89. The maximum absolute atomic E-state index is 13.0. The lowest BCUT2D eigenvalue weighted by molar-refractivity contribution is 0.0900. The van der Waals surface area contributed by atoms with Gasteiger partial charge in [0.2, 0.25) is 5.95 Å². The Hall–Kier alpha value is -3.85. The van der Waals surface area contributed by atoms with Gasteiger partial charge in [0.05, 0.1) is 11.7 Å². The summed E-state index contributed by atoms with van der Waals surface area (Å²) in [5, 5.41) is 7.99. The number of rotatable bonds is 4. The van der Waals surface area contributed by atoms with Crippen LogP contribution in [0.3, 0.4) is 0 Å². The molecule has 35 heavy (non-hydrogen) atoms. The van der Waals surface area contributed by atoms with Crippen molar-refractivity contribution in [3.05, 3.63) is 60.7 Å². The largest absolute Gasteiger partial charge is 0.355 e. The fraction of sp³-hybridized carbons (Fsp3) is 0.346. The van der Waals surface area contributed by atoms with E-state index in [0.29, 0.717) is 11.0 Å². The van der Waals surface area contributed by atoms with Crippen LogP contribution in [0.5, 0.6) is 0 Å². The first-order valence-electron chi connectivity index (χ1n) is 11.9. The molecule has 1 amide bonds. The van der Waals surface area contributed by atoms with E-state index in [-0.39, 0.29) is 11.9 Å². The summed E-state index contributed by atoms with van der Waals surface area (Å²) in [6.45, 7) is 4.32. The van der Waals surface area contributed by atoms with Crippen LogP contribution in [0, 0.1) is 5.41 Å². The zero-order valence-electron chi connectivity index (χ0n) is 20.0. The van der Waals surface area contributed by atoms with Crippen LogP contribution in [0.15, 0.2) is 55.1 Å². The van der Waals surface area contributed by atoms with Crippen molar-refractivity contribution in [1.82, 2.24) is 29.6 Å². The number of carbonyl (C=O) groups is 1. The molecule has 0 bridgehead atoms. The van der Waals surface area contributed by atoms with Gasteiger partial charge in [-0.3, -0.25) is 14.8 Å². The maximum atomic E-state index is 13.0. The fourth-order valence-electron chi connectivity index (χ4n) is 5.07. The summed E-state index contributed by atoms with van der Waals surface area (Å²) in [7, 11) is 4.07. The van der Waals surface area contributed by atoms with Crippen LogP contribution in [0.25, 0.3) is 22.0 Å². The van der Waals surface area contributed by atoms with E-state index in [1.54, 1.807) is 23.1 Å². The molecule has 1 spiro atoms. The van der Waals surface area contributed by atoms with Gasteiger partial charge in [-0.1, -0.05) is 12.1 Å². The minimum absolute atomic E-state index is 0.244. The molecule has 6 rings (SSSR count). The van der Waals surface area contributed by atoms with Crippen molar-refractivity contribution in [1.29, 1.82) is 0 Å². The number of piperidine rings is 1. The Morgan fingerprint density at radius 2 is 1.83 bits per heavy atom. The first kappa shape index (κ1) is 21.7. The van der Waals surface area contributed by atoms with Gasteiger partial charge in [0.1, 0.15) is 5.82 Å². The molecule has 2 fully saturated rings. The highest BCUT2D eigenvalue weighted by atomic mass is 16.1. The summed E-state index contributed by atoms with van der Waals surface area (Å²) in [6, 6.07) is 9.56. The summed E-state index contributed by atoms with van der Waals surface area (Å²) in [5.41, 5.74) is 3.73. The predicted octanol–water partition coefficient (Wildman–Crippen LogP) is 3.21. The molecule has 9 heteroatoms. The van der Waals surface area contributed by atoms with E-state index in [2.05, 4.69) is 42.2 Å². The van der Waals surface area contributed by atoms with Crippen molar-refractivity contribution in [2.24, 2.45) is 12.5 Å². The summed E-state index contributed by atoms with van der Waals surface area (Å²) in [4.78, 5) is 31.1. The number of hydrogen-bond acceptors (Lipinski definition) is 7. The number of fused-ring (bicyclic) bond motifs is 1. The Bertz CT molecular complexity index is 1400. The van der Waals surface area contributed by atoms with Crippen molar-refractivity contribution in [2.45, 2.75) is 12.8 Å². The van der Waals surface area contributed by atoms with E-state index < -0.39 is 0 Å². The molecule has 3 aromatic heterocycles. The summed E-state index contributed by atoms with van der Waals surface area (Å²) in [6.07, 6.45) is 9.65. The standard InChI is InChI=1S/C26H28N8O/c1-32-9-6-26(7-10-32)16-34(17-26)23-12-19(5-8-27-23)24(35)31-25-28-13-20-4-3-18(11-22(20)30-25)21-14-29-33(2)15-21/h3-5,8,11-15H,6-7,9-10,16-17H2,1-2H3,(H,28,30,31,35). The summed E-state index contributed by atoms with van der Waals surface area (Å²) < 4.78 is 1.77. The van der Waals surface area contributed by atoms with Gasteiger partial charge in [-0.15, -0.1) is 0 Å². The van der Waals surface area contributed by atoms with Gasteiger partial charge in [-0.05, 0) is 56.7 Å². The molecule has 2 aliphatic heterocycles. The second kappa shape index (κ2) is 8.42. The molecule has 0 radical (unpaired) electrons. The van der Waals surface area contributed by atoms with E-state index in [1.807, 2.05) is 43.7 Å². The second-order valence-corrected chi connectivity index (χ2v) is 9.89. The van der Waals surface area contributed by atoms with Crippen molar-refractivity contribution in [3.8, 4) is 11.1 Å². The third-order valence-electron chi connectivity index (χ3n) is 7.28. The van der Waals surface area contributed by atoms with Gasteiger partial charge in [-0.25, -0.2) is 15.0 Å². The summed E-state index contributed by atoms with van der Waals surface area (Å²) >= 11 is 0. The highest BCUT2D eigenvalue weighted by Crippen LogP contribution is 2.41. The van der Waals surface area contributed by atoms with Gasteiger partial charge in [0.25, 0.3) is 5.91 Å². The highest BCUT2D eigenvalue weighted by molar-refractivity contribution is 6.04. The molecule has 1 aromatic carbocycles. The molecule has 9 nitrogen and oxygen atoms in total. The minimum Gasteiger partial charge on any atom is -0.355 e. The lowest BCUT2D eigenvalue weighted by Crippen LogP contribution is -2.60. The SMILES string of the molecule is CN1CCC2(CC1)CN(c1cc(C(=O)Nc3ncc4ccc(-c5cnn(C)c5)cc4n3)ccn1)C2. The number of nitrogens with one attached hydrogen (secondary N) is 1. The number of hydrogen-bond donors (Lipinski definition) is 1. The first-order valence-corrected chi connectivity index (χ1v) is 11.9. The van der Waals surface area contributed by atoms with Crippen LogP contribution in [-0.4, -0.2) is 68.8 Å². The number of amides is 1. The Morgan fingerprint density at radius 1 is 1.00 bits per heavy atom. The highest BCUT2D eigenvalue weighted by Gasteiger charge is 2.44. The fourth-order valence-corrected chi connectivity index (χ4v) is 5.07. The quantitative estimate of drug-likeness (QED) is 0.492. The van der Waals surface area contributed by atoms with E-state index in [1.165, 1.54) is 12.8 Å². The van der Waals surface area contributed by atoms with Crippen molar-refractivity contribution >= 4 is 28.6 Å². The number of aromatic nitrogens is 5. The average molecular weight is 469 g/mol. The van der Waals surface area contributed by atoms with Crippen molar-refractivity contribution in [3.63, 3.8) is 0 Å². The number of benzene rings is 1. The van der Waals surface area contributed by atoms with Crippen molar-refractivity contribution in [2.75, 3.05) is 43.4 Å². The number of nitrogens with zero attached hydrogens (tertiary/aromatic N) is 7. The number of aryl methyl sites for hydroxylation is 1. The Kier molecular flexibility index (Phi) is 5.21. The van der Waals surface area contributed by atoms with Crippen LogP contribution < -0.4 is 10.2 Å². The Morgan fingerprint density at radius 3 is 2.60 bits per heavy atom. The van der Waals surface area contributed by atoms with E-state index in [0.717, 1.165) is 54.0 Å². The molecule has 4 aromatic rings. The smallest absolute Gasteiger partial charge is 0.258 e. The molecule has 0 aliphatic carbocycles. The van der Waals surface area contributed by atoms with Gasteiger partial charge >= 0.3 is 0 Å². The monoisotopic (exact) mass is 468 g/mol. The molecular formula is C26H28N8O. The van der Waals surface area contributed by atoms with Crippen LogP contribution in [0.2, 0.25) is 0 Å². The summed E-state index contributed by atoms with van der Waals surface area (Å²) in [5.74, 6) is 0.882. The number of likely N-dealkylation sites (tertiary alicyclic amines) is 1. The van der Waals surface area contributed by atoms with E-state index in [4.69, 9.17) is 0 Å². The minimum atomic E-state index is -0.244. The van der Waals surface area contributed by atoms with Crippen LogP contribution >= 0.6 is 0 Å².